The number of nitrogens with two attached hydrogens (primary N) is 2. The van der Waals surface area contributed by atoms with Crippen LogP contribution >= 0.6 is 0 Å². The number of amides is 1. The van der Waals surface area contributed by atoms with E-state index in [0.717, 1.165) is 24.8 Å². The molecule has 0 fully saturated rings. The van der Waals surface area contributed by atoms with E-state index < -0.39 is 5.91 Å². The quantitative estimate of drug-likeness (QED) is 0.538. The van der Waals surface area contributed by atoms with Crippen LogP contribution in [-0.4, -0.2) is 11.6 Å². The Labute approximate surface area is 72.2 Å². The number of carbonyl (C=O) groups excluding carboxylic acids is 1. The lowest BCUT2D eigenvalue weighted by atomic mass is 9.90. The van der Waals surface area contributed by atoms with Gasteiger partial charge in [-0.25, -0.2) is 5.41 Å². The largest absolute Gasteiger partial charge is 0.360 e. The minimum absolute atomic E-state index is 0.257. The van der Waals surface area contributed by atoms with Crippen LogP contribution in [0.1, 0.15) is 32.6 Å². The van der Waals surface area contributed by atoms with Gasteiger partial charge in [0, 0.05) is 5.57 Å². The molecule has 0 aromatic heterocycles. The Morgan fingerprint density at radius 1 is 1.42 bits per heavy atom. The third kappa shape index (κ3) is 1.72. The first-order chi connectivity index (χ1) is 5.63. The summed E-state index contributed by atoms with van der Waals surface area (Å²) in [4.78, 5) is 10.8. The van der Waals surface area contributed by atoms with Crippen molar-refractivity contribution < 1.29 is 10.2 Å². The Hall–Kier alpha value is -1.12. The van der Waals surface area contributed by atoms with Crippen LogP contribution in [0.5, 0.6) is 0 Å². The molecular weight excluding hydrogens is 152 g/mol. The van der Waals surface area contributed by atoms with Gasteiger partial charge in [0.15, 0.2) is 0 Å². The molecule has 1 rings (SSSR count). The molecule has 0 bridgehead atoms. The van der Waals surface area contributed by atoms with Gasteiger partial charge in [-0.05, 0) is 32.6 Å². The van der Waals surface area contributed by atoms with Crippen molar-refractivity contribution >= 4 is 11.6 Å². The topological polar surface area (TPSA) is 68.7 Å². The molecule has 3 heteroatoms. The zero-order chi connectivity index (χ0) is 9.14. The van der Waals surface area contributed by atoms with Crippen LogP contribution in [-0.2, 0) is 4.79 Å². The maximum absolute atomic E-state index is 10.8. The number of allylic oxidation sites excluding steroid dienone is 1. The fraction of sp³-hybridized carbons (Fsp3) is 0.556. The second kappa shape index (κ2) is 3.52. The van der Waals surface area contributed by atoms with Crippen molar-refractivity contribution in [2.24, 2.45) is 5.73 Å². The average molecular weight is 167 g/mol. The van der Waals surface area contributed by atoms with Gasteiger partial charge in [-0.1, -0.05) is 5.57 Å². The monoisotopic (exact) mass is 167 g/mol. The van der Waals surface area contributed by atoms with Crippen molar-refractivity contribution in [2.75, 3.05) is 0 Å². The standard InChI is InChI=1S/C9H14N2O/c1-6-4-2-3-5-7(6)8(10)9(11)12/h10H,2-5H2,1H3,(H2,11,12)/p+1. The molecule has 3 nitrogen and oxygen atoms in total. The van der Waals surface area contributed by atoms with E-state index in [-0.39, 0.29) is 5.71 Å². The van der Waals surface area contributed by atoms with Crippen LogP contribution in [0.15, 0.2) is 11.1 Å². The Morgan fingerprint density at radius 2 is 2.00 bits per heavy atom. The summed E-state index contributed by atoms with van der Waals surface area (Å²) in [6.07, 6.45) is 4.26. The smallest absolute Gasteiger partial charge is 0.313 e. The van der Waals surface area contributed by atoms with Crippen molar-refractivity contribution in [1.29, 1.82) is 0 Å². The molecule has 66 valence electrons. The van der Waals surface area contributed by atoms with Crippen LogP contribution in [0.4, 0.5) is 0 Å². The Bertz CT molecular complexity index is 250. The SMILES string of the molecule is CC1=C(C(=[NH2+])C(N)=O)CCCC1. The van der Waals surface area contributed by atoms with Crippen LogP contribution in [0.25, 0.3) is 0 Å². The van der Waals surface area contributed by atoms with Gasteiger partial charge in [0.25, 0.3) is 5.71 Å². The van der Waals surface area contributed by atoms with Gasteiger partial charge in [-0.3, -0.25) is 4.79 Å². The second-order valence-electron chi connectivity index (χ2n) is 3.24. The molecule has 0 aromatic carbocycles. The fourth-order valence-electron chi connectivity index (χ4n) is 1.57. The maximum Gasteiger partial charge on any atom is 0.313 e. The fourth-order valence-corrected chi connectivity index (χ4v) is 1.57. The lowest BCUT2D eigenvalue weighted by Gasteiger charge is -2.13. The van der Waals surface area contributed by atoms with Crippen molar-refractivity contribution in [3.63, 3.8) is 0 Å². The normalized spacial score (nSPS) is 17.8. The predicted octanol–water partition coefficient (Wildman–Crippen LogP) is -0.438. The first-order valence-corrected chi connectivity index (χ1v) is 4.24. The summed E-state index contributed by atoms with van der Waals surface area (Å²) >= 11 is 0. The van der Waals surface area contributed by atoms with Gasteiger partial charge in [-0.2, -0.15) is 0 Å². The molecule has 0 saturated carbocycles. The van der Waals surface area contributed by atoms with Crippen molar-refractivity contribution in [3.8, 4) is 0 Å². The van der Waals surface area contributed by atoms with E-state index in [4.69, 9.17) is 11.1 Å². The molecule has 0 heterocycles. The van der Waals surface area contributed by atoms with E-state index in [2.05, 4.69) is 0 Å². The van der Waals surface area contributed by atoms with Crippen molar-refractivity contribution in [2.45, 2.75) is 32.6 Å². The highest BCUT2D eigenvalue weighted by Crippen LogP contribution is 2.23. The van der Waals surface area contributed by atoms with E-state index in [1.807, 2.05) is 6.92 Å². The molecule has 0 saturated heterocycles. The van der Waals surface area contributed by atoms with Gasteiger partial charge >= 0.3 is 5.91 Å². The van der Waals surface area contributed by atoms with Gasteiger partial charge in [0.05, 0.1) is 0 Å². The van der Waals surface area contributed by atoms with Crippen molar-refractivity contribution in [3.05, 3.63) is 11.1 Å². The molecule has 0 aromatic rings. The van der Waals surface area contributed by atoms with Crippen LogP contribution in [0.2, 0.25) is 0 Å². The Kier molecular flexibility index (Phi) is 2.63. The lowest BCUT2D eigenvalue weighted by Crippen LogP contribution is -2.49. The molecule has 1 amide bonds. The number of primary amides is 1. The summed E-state index contributed by atoms with van der Waals surface area (Å²) in [5.74, 6) is -0.494. The summed E-state index contributed by atoms with van der Waals surface area (Å²) in [7, 11) is 0. The molecule has 0 unspecified atom stereocenters. The number of rotatable bonds is 2. The zero-order valence-electron chi connectivity index (χ0n) is 7.39. The molecule has 1 aliphatic carbocycles. The Balaban J connectivity index is 2.85. The van der Waals surface area contributed by atoms with E-state index in [0.29, 0.717) is 0 Å². The minimum Gasteiger partial charge on any atom is -0.360 e. The molecule has 0 aliphatic heterocycles. The summed E-state index contributed by atoms with van der Waals surface area (Å²) in [6, 6.07) is 0. The molecular formula is C9H15N2O+. The molecule has 0 atom stereocenters. The molecule has 1 aliphatic rings. The highest BCUT2D eigenvalue weighted by Gasteiger charge is 2.21. The molecule has 12 heavy (non-hydrogen) atoms. The minimum atomic E-state index is -0.494. The highest BCUT2D eigenvalue weighted by molar-refractivity contribution is 6.42. The summed E-state index contributed by atoms with van der Waals surface area (Å²) in [5, 5.41) is 5.57. The zero-order valence-corrected chi connectivity index (χ0v) is 7.39. The van der Waals surface area contributed by atoms with E-state index in [1.165, 1.54) is 12.0 Å². The molecule has 0 spiro atoms. The van der Waals surface area contributed by atoms with Crippen LogP contribution in [0, 0.1) is 0 Å². The van der Waals surface area contributed by atoms with Gasteiger partial charge in [0.2, 0.25) is 0 Å². The van der Waals surface area contributed by atoms with Gasteiger partial charge < -0.3 is 5.73 Å². The summed E-state index contributed by atoms with van der Waals surface area (Å²) < 4.78 is 0. The number of carbonyl (C=O) groups is 1. The predicted molar refractivity (Wildman–Crippen MR) is 47.3 cm³/mol. The maximum atomic E-state index is 10.8. The van der Waals surface area contributed by atoms with Crippen LogP contribution in [0.3, 0.4) is 0 Å². The number of hydrogen-bond donors (Lipinski definition) is 2. The highest BCUT2D eigenvalue weighted by atomic mass is 16.1. The summed E-state index contributed by atoms with van der Waals surface area (Å²) in [6.45, 7) is 2.02. The van der Waals surface area contributed by atoms with Crippen molar-refractivity contribution in [1.82, 2.24) is 0 Å². The molecule has 4 N–H and O–H groups in total. The Morgan fingerprint density at radius 3 is 2.50 bits per heavy atom. The first kappa shape index (κ1) is 8.97. The third-order valence-electron chi connectivity index (χ3n) is 2.33. The first-order valence-electron chi connectivity index (χ1n) is 4.24. The average Bonchev–Trinajstić information content (AvgIpc) is 2.04. The van der Waals surface area contributed by atoms with Gasteiger partial charge in [0.1, 0.15) is 0 Å². The van der Waals surface area contributed by atoms with E-state index >= 15 is 0 Å². The third-order valence-corrected chi connectivity index (χ3v) is 2.33. The van der Waals surface area contributed by atoms with E-state index in [1.54, 1.807) is 0 Å². The lowest BCUT2D eigenvalue weighted by molar-refractivity contribution is -0.133. The second-order valence-corrected chi connectivity index (χ2v) is 3.24. The van der Waals surface area contributed by atoms with Crippen LogP contribution < -0.4 is 11.1 Å². The molecule has 0 radical (unpaired) electrons. The van der Waals surface area contributed by atoms with E-state index in [9.17, 15) is 4.79 Å². The summed E-state index contributed by atoms with van der Waals surface area (Å²) in [5.41, 5.74) is 7.55. The van der Waals surface area contributed by atoms with Gasteiger partial charge in [-0.15, -0.1) is 0 Å². The number of hydrogen-bond acceptors (Lipinski definition) is 1.